The average Bonchev–Trinajstić information content (AvgIpc) is 2.30. The van der Waals surface area contributed by atoms with Gasteiger partial charge in [-0.2, -0.15) is 0 Å². The van der Waals surface area contributed by atoms with Crippen molar-refractivity contribution >= 4 is 9.53 Å². The molecule has 0 spiro atoms. The normalized spacial score (nSPS) is 15.8. The van der Waals surface area contributed by atoms with Gasteiger partial charge in [0, 0.05) is 19.8 Å². The highest BCUT2D eigenvalue weighted by molar-refractivity contribution is 6.36. The van der Waals surface area contributed by atoms with Crippen LogP contribution >= 0.6 is 0 Å². The molecule has 1 aliphatic carbocycles. The maximum absolute atomic E-state index is 5.22. The lowest BCUT2D eigenvalue weighted by atomic mass is 10.1. The van der Waals surface area contributed by atoms with Gasteiger partial charge in [-0.25, -0.2) is 0 Å². The summed E-state index contributed by atoms with van der Waals surface area (Å²) in [5, 5.41) is 0. The van der Waals surface area contributed by atoms with Crippen LogP contribution in [0.1, 0.15) is 59.3 Å². The van der Waals surface area contributed by atoms with Crippen LogP contribution in [0.25, 0.3) is 0 Å². The number of hydrogen-bond acceptors (Lipinski definition) is 3. The molecule has 1 aliphatic rings. The minimum absolute atomic E-state index is 0.677. The van der Waals surface area contributed by atoms with Crippen LogP contribution in [0, 0.1) is 0 Å². The third kappa shape index (κ3) is 12.3. The highest BCUT2D eigenvalue weighted by Gasteiger charge is 2.11. The monoisotopic (exact) mass is 274 g/mol. The first kappa shape index (κ1) is 17.8. The topological polar surface area (TPSA) is 27.7 Å². The Balaban J connectivity index is 0.000000327. The lowest BCUT2D eigenvalue weighted by molar-refractivity contribution is 0.107. The molecule has 108 valence electrons. The first-order valence-corrected chi connectivity index (χ1v) is 8.76. The molecule has 4 heteroatoms. The van der Waals surface area contributed by atoms with Crippen molar-refractivity contribution in [2.24, 2.45) is 0 Å². The highest BCUT2D eigenvalue weighted by atomic mass is 28.3. The summed E-state index contributed by atoms with van der Waals surface area (Å²) in [5.41, 5.74) is 0. The van der Waals surface area contributed by atoms with Crippen molar-refractivity contribution in [2.45, 2.75) is 59.3 Å². The summed E-state index contributed by atoms with van der Waals surface area (Å²) in [6.07, 6.45) is 13.0. The van der Waals surface area contributed by atoms with Gasteiger partial charge in [-0.05, 0) is 46.5 Å². The van der Waals surface area contributed by atoms with Crippen LogP contribution in [-0.4, -0.2) is 29.3 Å². The smallest absolute Gasteiger partial charge is 0.376 e. The SMILES string of the molecule is C1=CCCCCCC1.CCO[SiH](OCC)OCC. The molecule has 0 aromatic heterocycles. The Labute approximate surface area is 114 Å². The van der Waals surface area contributed by atoms with E-state index in [4.69, 9.17) is 13.3 Å². The molecule has 0 amide bonds. The molecule has 0 N–H and O–H groups in total. The van der Waals surface area contributed by atoms with E-state index in [1.54, 1.807) is 0 Å². The van der Waals surface area contributed by atoms with Crippen molar-refractivity contribution in [3.05, 3.63) is 12.2 Å². The third-order valence-corrected chi connectivity index (χ3v) is 4.38. The van der Waals surface area contributed by atoms with E-state index in [0.717, 1.165) is 0 Å². The van der Waals surface area contributed by atoms with E-state index in [2.05, 4.69) is 12.2 Å². The molecule has 1 rings (SSSR count). The molecule has 0 bridgehead atoms. The standard InChI is InChI=1S/C8H14.C6H16O3Si/c1-2-4-6-8-7-5-3-1;1-4-7-10(8-5-2)9-6-3/h1-2H,3-8H2;10H,4-6H2,1-3H3. The zero-order chi connectivity index (χ0) is 13.5. The molecule has 0 aromatic rings. The average molecular weight is 274 g/mol. The maximum atomic E-state index is 5.22. The van der Waals surface area contributed by atoms with Gasteiger partial charge in [0.25, 0.3) is 0 Å². The van der Waals surface area contributed by atoms with Gasteiger partial charge in [0.1, 0.15) is 0 Å². The largest absolute Gasteiger partial charge is 0.484 e. The van der Waals surface area contributed by atoms with Crippen LogP contribution in [-0.2, 0) is 13.3 Å². The Morgan fingerprint density at radius 1 is 0.722 bits per heavy atom. The summed E-state index contributed by atoms with van der Waals surface area (Å²) in [5.74, 6) is 0. The van der Waals surface area contributed by atoms with E-state index in [-0.39, 0.29) is 0 Å². The van der Waals surface area contributed by atoms with Gasteiger partial charge in [0.2, 0.25) is 0 Å². The third-order valence-electron chi connectivity index (χ3n) is 2.57. The Morgan fingerprint density at radius 3 is 1.44 bits per heavy atom. The van der Waals surface area contributed by atoms with E-state index in [0.29, 0.717) is 19.8 Å². The Bertz CT molecular complexity index is 162. The van der Waals surface area contributed by atoms with Crippen molar-refractivity contribution in [2.75, 3.05) is 19.8 Å². The summed E-state index contributed by atoms with van der Waals surface area (Å²) in [4.78, 5) is 0. The second kappa shape index (κ2) is 14.9. The zero-order valence-corrected chi connectivity index (χ0v) is 13.5. The molecular formula is C14H30O3Si. The fourth-order valence-corrected chi connectivity index (χ4v) is 2.77. The number of hydrogen-bond donors (Lipinski definition) is 0. The minimum Gasteiger partial charge on any atom is -0.376 e. The molecule has 0 saturated carbocycles. The lowest BCUT2D eigenvalue weighted by Gasteiger charge is -2.12. The zero-order valence-electron chi connectivity index (χ0n) is 12.3. The van der Waals surface area contributed by atoms with E-state index >= 15 is 0 Å². The van der Waals surface area contributed by atoms with Crippen LogP contribution in [0.15, 0.2) is 12.2 Å². The predicted octanol–water partition coefficient (Wildman–Crippen LogP) is 3.71. The second-order valence-electron chi connectivity index (χ2n) is 4.12. The van der Waals surface area contributed by atoms with E-state index in [9.17, 15) is 0 Å². The molecule has 3 nitrogen and oxygen atoms in total. The van der Waals surface area contributed by atoms with Gasteiger partial charge < -0.3 is 13.3 Å². The first-order chi connectivity index (χ1) is 8.85. The van der Waals surface area contributed by atoms with Crippen LogP contribution < -0.4 is 0 Å². The van der Waals surface area contributed by atoms with Crippen LogP contribution in [0.3, 0.4) is 0 Å². The molecule has 18 heavy (non-hydrogen) atoms. The molecular weight excluding hydrogens is 244 g/mol. The molecule has 0 heterocycles. The Morgan fingerprint density at radius 2 is 1.11 bits per heavy atom. The Kier molecular flexibility index (Phi) is 14.8. The van der Waals surface area contributed by atoms with Crippen molar-refractivity contribution in [3.63, 3.8) is 0 Å². The van der Waals surface area contributed by atoms with Crippen LogP contribution in [0.5, 0.6) is 0 Å². The van der Waals surface area contributed by atoms with Crippen molar-refractivity contribution in [1.29, 1.82) is 0 Å². The number of rotatable bonds is 6. The molecule has 0 fully saturated rings. The van der Waals surface area contributed by atoms with Gasteiger partial charge in [0.05, 0.1) is 0 Å². The quantitative estimate of drug-likeness (QED) is 0.546. The first-order valence-electron chi connectivity index (χ1n) is 7.34. The van der Waals surface area contributed by atoms with E-state index in [1.165, 1.54) is 38.5 Å². The van der Waals surface area contributed by atoms with Crippen LogP contribution in [0.2, 0.25) is 0 Å². The number of allylic oxidation sites excluding steroid dienone is 2. The van der Waals surface area contributed by atoms with Gasteiger partial charge in [-0.15, -0.1) is 0 Å². The van der Waals surface area contributed by atoms with E-state index in [1.807, 2.05) is 20.8 Å². The molecule has 0 aromatic carbocycles. The predicted molar refractivity (Wildman–Crippen MR) is 78.9 cm³/mol. The van der Waals surface area contributed by atoms with Gasteiger partial charge in [-0.1, -0.05) is 25.0 Å². The fourth-order valence-electron chi connectivity index (χ4n) is 1.67. The summed E-state index contributed by atoms with van der Waals surface area (Å²) in [7, 11) is -1.73. The molecule has 0 radical (unpaired) electrons. The van der Waals surface area contributed by atoms with Gasteiger partial charge >= 0.3 is 9.53 Å². The van der Waals surface area contributed by atoms with Crippen molar-refractivity contribution in [3.8, 4) is 0 Å². The Hall–Kier alpha value is -0.163. The van der Waals surface area contributed by atoms with Crippen molar-refractivity contribution < 1.29 is 13.3 Å². The van der Waals surface area contributed by atoms with Crippen LogP contribution in [0.4, 0.5) is 0 Å². The fraction of sp³-hybridized carbons (Fsp3) is 0.857. The minimum atomic E-state index is -1.73. The summed E-state index contributed by atoms with van der Waals surface area (Å²) < 4.78 is 15.7. The summed E-state index contributed by atoms with van der Waals surface area (Å²) >= 11 is 0. The second-order valence-corrected chi connectivity index (χ2v) is 5.70. The maximum Gasteiger partial charge on any atom is 0.484 e. The lowest BCUT2D eigenvalue weighted by Crippen LogP contribution is -2.27. The summed E-state index contributed by atoms with van der Waals surface area (Å²) in [6, 6.07) is 0. The van der Waals surface area contributed by atoms with Gasteiger partial charge in [-0.3, -0.25) is 0 Å². The molecule has 0 atom stereocenters. The molecule has 0 aliphatic heterocycles. The van der Waals surface area contributed by atoms with Crippen molar-refractivity contribution in [1.82, 2.24) is 0 Å². The van der Waals surface area contributed by atoms with Gasteiger partial charge in [0.15, 0.2) is 0 Å². The molecule has 0 saturated heterocycles. The highest BCUT2D eigenvalue weighted by Crippen LogP contribution is 2.09. The summed E-state index contributed by atoms with van der Waals surface area (Å²) in [6.45, 7) is 7.86. The molecule has 0 unspecified atom stereocenters. The van der Waals surface area contributed by atoms with E-state index < -0.39 is 9.53 Å².